The number of amides is 2. The van der Waals surface area contributed by atoms with Crippen LogP contribution >= 0.6 is 0 Å². The minimum absolute atomic E-state index is 0.0160. The molecule has 1 saturated heterocycles. The number of likely N-dealkylation sites (tertiary alicyclic amines) is 1. The molecule has 0 spiro atoms. The maximum absolute atomic E-state index is 13.6. The fourth-order valence-corrected chi connectivity index (χ4v) is 5.34. The number of carboxylic acid groups (broad SMARTS) is 1. The highest BCUT2D eigenvalue weighted by molar-refractivity contribution is 6.04. The molecule has 5 rings (SSSR count). The molecular formula is C29H28F3N3O6. The van der Waals surface area contributed by atoms with E-state index in [2.05, 4.69) is 10.3 Å². The van der Waals surface area contributed by atoms with Gasteiger partial charge >= 0.3 is 12.1 Å². The second-order valence-corrected chi connectivity index (χ2v) is 10.4. The molecule has 41 heavy (non-hydrogen) atoms. The summed E-state index contributed by atoms with van der Waals surface area (Å²) in [4.78, 5) is 42.8. The predicted octanol–water partition coefficient (Wildman–Crippen LogP) is 5.63. The highest BCUT2D eigenvalue weighted by atomic mass is 19.4. The Hall–Kier alpha value is -4.35. The Labute approximate surface area is 233 Å². The summed E-state index contributed by atoms with van der Waals surface area (Å²) in [6.07, 6.45) is -2.05. The van der Waals surface area contributed by atoms with Crippen LogP contribution in [0.15, 0.2) is 59.0 Å². The predicted molar refractivity (Wildman–Crippen MR) is 140 cm³/mol. The van der Waals surface area contributed by atoms with Crippen LogP contribution in [0.2, 0.25) is 0 Å². The first-order chi connectivity index (χ1) is 19.5. The van der Waals surface area contributed by atoms with Crippen LogP contribution in [0.25, 0.3) is 11.5 Å². The molecule has 1 saturated carbocycles. The lowest BCUT2D eigenvalue weighted by Crippen LogP contribution is -2.38. The maximum atomic E-state index is 13.6. The summed E-state index contributed by atoms with van der Waals surface area (Å²) in [6, 6.07) is 14.0. The van der Waals surface area contributed by atoms with Gasteiger partial charge in [0.05, 0.1) is 12.0 Å². The number of anilines is 1. The monoisotopic (exact) mass is 571 g/mol. The van der Waals surface area contributed by atoms with Crippen molar-refractivity contribution in [2.45, 2.75) is 50.8 Å². The average molecular weight is 572 g/mol. The zero-order valence-electron chi connectivity index (χ0n) is 21.9. The van der Waals surface area contributed by atoms with Crippen molar-refractivity contribution in [3.05, 3.63) is 66.1 Å². The van der Waals surface area contributed by atoms with Crippen molar-refractivity contribution in [3.63, 3.8) is 0 Å². The Kier molecular flexibility index (Phi) is 7.74. The number of nitrogens with zero attached hydrogens (tertiary/aromatic N) is 2. The van der Waals surface area contributed by atoms with Crippen molar-refractivity contribution >= 4 is 23.5 Å². The molecule has 2 heterocycles. The average Bonchev–Trinajstić information content (AvgIpc) is 3.70. The molecule has 1 aliphatic heterocycles. The summed E-state index contributed by atoms with van der Waals surface area (Å²) in [7, 11) is 0. The van der Waals surface area contributed by atoms with Crippen LogP contribution in [-0.2, 0) is 15.8 Å². The smallest absolute Gasteiger partial charge is 0.452 e. The molecule has 0 radical (unpaired) electrons. The third-order valence-electron chi connectivity index (χ3n) is 7.54. The first kappa shape index (κ1) is 28.2. The van der Waals surface area contributed by atoms with Crippen LogP contribution in [0.4, 0.5) is 18.9 Å². The molecule has 2 aromatic carbocycles. The standard InChI is InChI=1S/C29H28F3N3O6/c30-29(31,32)24-23(34-26(41-24)18-6-2-1-3-7-18)25(37)33-19-8-10-20(11-9-19)40-21-12-15-35(17-21)22(36)16-28(27(38)39)13-4-5-14-28/h1-3,6-11,21H,4-5,12-17H2,(H,33,37)(H,38,39)/t21-/m0/s1. The van der Waals surface area contributed by atoms with Crippen molar-refractivity contribution < 1.29 is 41.8 Å². The number of benzene rings is 2. The van der Waals surface area contributed by atoms with E-state index in [1.54, 1.807) is 35.2 Å². The Morgan fingerprint density at radius 3 is 2.39 bits per heavy atom. The van der Waals surface area contributed by atoms with Gasteiger partial charge in [0, 0.05) is 30.6 Å². The third-order valence-corrected chi connectivity index (χ3v) is 7.54. The van der Waals surface area contributed by atoms with Gasteiger partial charge in [0.2, 0.25) is 17.6 Å². The van der Waals surface area contributed by atoms with Crippen molar-refractivity contribution in [2.24, 2.45) is 5.41 Å². The third kappa shape index (κ3) is 6.21. The van der Waals surface area contributed by atoms with Crippen molar-refractivity contribution in [1.82, 2.24) is 9.88 Å². The van der Waals surface area contributed by atoms with Gasteiger partial charge in [-0.3, -0.25) is 14.4 Å². The molecule has 9 nitrogen and oxygen atoms in total. The second-order valence-electron chi connectivity index (χ2n) is 10.4. The highest BCUT2D eigenvalue weighted by Crippen LogP contribution is 2.42. The van der Waals surface area contributed by atoms with E-state index in [0.29, 0.717) is 43.7 Å². The topological polar surface area (TPSA) is 122 Å². The van der Waals surface area contributed by atoms with Crippen LogP contribution in [0.1, 0.15) is 54.8 Å². The van der Waals surface area contributed by atoms with E-state index in [1.807, 2.05) is 0 Å². The van der Waals surface area contributed by atoms with Crippen LogP contribution in [-0.4, -0.2) is 52.0 Å². The summed E-state index contributed by atoms with van der Waals surface area (Å²) in [6.45, 7) is 0.778. The van der Waals surface area contributed by atoms with E-state index in [0.717, 1.165) is 12.8 Å². The summed E-state index contributed by atoms with van der Waals surface area (Å²) < 4.78 is 51.6. The Bertz CT molecular complexity index is 1420. The largest absolute Gasteiger partial charge is 0.489 e. The van der Waals surface area contributed by atoms with E-state index >= 15 is 0 Å². The van der Waals surface area contributed by atoms with E-state index < -0.39 is 34.9 Å². The summed E-state index contributed by atoms with van der Waals surface area (Å²) in [5.41, 5.74) is -1.34. The molecule has 2 aliphatic rings. The zero-order valence-corrected chi connectivity index (χ0v) is 21.9. The SMILES string of the molecule is O=C(Nc1ccc(O[C@H]2CCN(C(=O)CC3(C(=O)O)CCCC3)C2)cc1)c1nc(-c2ccccc2)oc1C(F)(F)F. The molecule has 3 aromatic rings. The number of carbonyl (C=O) groups excluding carboxylic acids is 2. The zero-order chi connectivity index (χ0) is 29.2. The number of alkyl halides is 3. The van der Waals surface area contributed by atoms with Gasteiger partial charge in [-0.1, -0.05) is 31.0 Å². The quantitative estimate of drug-likeness (QED) is 0.360. The molecule has 12 heteroatoms. The van der Waals surface area contributed by atoms with Crippen molar-refractivity contribution in [3.8, 4) is 17.2 Å². The molecule has 2 N–H and O–H groups in total. The van der Waals surface area contributed by atoms with Gasteiger partial charge in [0.15, 0.2) is 5.69 Å². The number of nitrogens with one attached hydrogen (secondary N) is 1. The van der Waals surface area contributed by atoms with Crippen LogP contribution in [0.5, 0.6) is 5.75 Å². The molecule has 1 aliphatic carbocycles. The number of ether oxygens (including phenoxy) is 1. The molecule has 0 unspecified atom stereocenters. The molecular weight excluding hydrogens is 543 g/mol. The lowest BCUT2D eigenvalue weighted by Gasteiger charge is -2.26. The molecule has 2 fully saturated rings. The van der Waals surface area contributed by atoms with Gasteiger partial charge in [0.25, 0.3) is 5.91 Å². The van der Waals surface area contributed by atoms with Crippen LogP contribution < -0.4 is 10.1 Å². The first-order valence-electron chi connectivity index (χ1n) is 13.3. The van der Waals surface area contributed by atoms with E-state index in [-0.39, 0.29) is 30.0 Å². The molecule has 1 aromatic heterocycles. The summed E-state index contributed by atoms with van der Waals surface area (Å²) >= 11 is 0. The fraction of sp³-hybridized carbons (Fsp3) is 0.379. The Morgan fingerprint density at radius 2 is 1.76 bits per heavy atom. The number of rotatable bonds is 8. The van der Waals surface area contributed by atoms with Crippen LogP contribution in [0.3, 0.4) is 0 Å². The molecule has 0 bridgehead atoms. The van der Waals surface area contributed by atoms with Gasteiger partial charge in [-0.2, -0.15) is 13.2 Å². The summed E-state index contributed by atoms with van der Waals surface area (Å²) in [5.74, 6) is -3.56. The van der Waals surface area contributed by atoms with Crippen molar-refractivity contribution in [2.75, 3.05) is 18.4 Å². The number of aromatic nitrogens is 1. The van der Waals surface area contributed by atoms with Gasteiger partial charge < -0.3 is 24.5 Å². The first-order valence-corrected chi connectivity index (χ1v) is 13.3. The van der Waals surface area contributed by atoms with E-state index in [1.165, 1.54) is 24.3 Å². The highest BCUT2D eigenvalue weighted by Gasteiger charge is 2.45. The summed E-state index contributed by atoms with van der Waals surface area (Å²) in [5, 5.41) is 12.1. The Morgan fingerprint density at radius 1 is 1.07 bits per heavy atom. The number of hydrogen-bond donors (Lipinski definition) is 2. The van der Waals surface area contributed by atoms with Gasteiger partial charge in [0.1, 0.15) is 11.9 Å². The van der Waals surface area contributed by atoms with Gasteiger partial charge in [-0.15, -0.1) is 0 Å². The van der Waals surface area contributed by atoms with Crippen molar-refractivity contribution in [1.29, 1.82) is 0 Å². The minimum atomic E-state index is -4.92. The maximum Gasteiger partial charge on any atom is 0.452 e. The van der Waals surface area contributed by atoms with Crippen LogP contribution in [0, 0.1) is 5.41 Å². The second kappa shape index (κ2) is 11.3. The van der Waals surface area contributed by atoms with Gasteiger partial charge in [-0.05, 0) is 49.2 Å². The number of hydrogen-bond acceptors (Lipinski definition) is 6. The molecule has 2 amide bonds. The molecule has 1 atom stereocenters. The fourth-order valence-electron chi connectivity index (χ4n) is 5.34. The lowest BCUT2D eigenvalue weighted by molar-refractivity contribution is -0.153. The number of halogens is 3. The normalized spacial score (nSPS) is 18.3. The van der Waals surface area contributed by atoms with Gasteiger partial charge in [-0.25, -0.2) is 4.98 Å². The van der Waals surface area contributed by atoms with E-state index in [4.69, 9.17) is 9.15 Å². The number of carbonyl (C=O) groups is 3. The number of oxazole rings is 1. The molecule has 216 valence electrons. The number of aliphatic carboxylic acids is 1. The number of carboxylic acids is 1. The minimum Gasteiger partial charge on any atom is -0.489 e. The van der Waals surface area contributed by atoms with E-state index in [9.17, 15) is 32.7 Å². The lowest BCUT2D eigenvalue weighted by atomic mass is 9.82. The Balaban J connectivity index is 1.19.